The van der Waals surface area contributed by atoms with E-state index in [1.54, 1.807) is 0 Å². The van der Waals surface area contributed by atoms with E-state index in [4.69, 9.17) is 4.98 Å². The molecule has 4 heteroatoms. The molecule has 0 N–H and O–H groups in total. The van der Waals surface area contributed by atoms with Crippen molar-refractivity contribution in [2.24, 2.45) is 5.92 Å². The highest BCUT2D eigenvalue weighted by atomic mass is 32.1. The Labute approximate surface area is 133 Å². The van der Waals surface area contributed by atoms with Crippen LogP contribution in [0.5, 0.6) is 0 Å². The lowest BCUT2D eigenvalue weighted by Gasteiger charge is -2.47. The normalized spacial score (nSPS) is 29.0. The standard InChI is InChI=1S/C17H29N3S/c1-5-15-9-18-17(21-15)13(4)20-10-14-7-6-8-19(14)11-16(20)12(2)3/h9,12-14,16H,5-8,10-11H2,1-4H3. The summed E-state index contributed by atoms with van der Waals surface area (Å²) >= 11 is 1.91. The largest absolute Gasteiger partial charge is 0.298 e. The van der Waals surface area contributed by atoms with Crippen LogP contribution in [0.1, 0.15) is 56.5 Å². The van der Waals surface area contributed by atoms with E-state index in [-0.39, 0.29) is 0 Å². The first-order chi connectivity index (χ1) is 10.1. The Balaban J connectivity index is 1.79. The number of aryl methyl sites for hydroxylation is 1. The minimum absolute atomic E-state index is 0.463. The van der Waals surface area contributed by atoms with Gasteiger partial charge < -0.3 is 0 Å². The smallest absolute Gasteiger partial charge is 0.110 e. The van der Waals surface area contributed by atoms with Gasteiger partial charge in [-0.05, 0) is 38.6 Å². The van der Waals surface area contributed by atoms with Crippen molar-refractivity contribution in [2.75, 3.05) is 19.6 Å². The van der Waals surface area contributed by atoms with Crippen molar-refractivity contribution in [1.29, 1.82) is 0 Å². The van der Waals surface area contributed by atoms with Gasteiger partial charge in [-0.1, -0.05) is 20.8 Å². The fourth-order valence-electron chi connectivity index (χ4n) is 3.93. The molecule has 2 aliphatic rings. The average Bonchev–Trinajstić information content (AvgIpc) is 3.13. The molecule has 0 aliphatic carbocycles. The predicted octanol–water partition coefficient (Wildman–Crippen LogP) is 3.57. The molecule has 0 radical (unpaired) electrons. The molecule has 2 saturated heterocycles. The summed E-state index contributed by atoms with van der Waals surface area (Å²) in [6.45, 7) is 13.1. The van der Waals surface area contributed by atoms with Crippen molar-refractivity contribution in [3.63, 3.8) is 0 Å². The van der Waals surface area contributed by atoms with Crippen LogP contribution in [0.25, 0.3) is 0 Å². The molecule has 3 nitrogen and oxygen atoms in total. The number of fused-ring (bicyclic) bond motifs is 1. The number of piperazine rings is 1. The van der Waals surface area contributed by atoms with Crippen LogP contribution in [-0.4, -0.2) is 46.5 Å². The summed E-state index contributed by atoms with van der Waals surface area (Å²) in [6, 6.07) is 1.92. The van der Waals surface area contributed by atoms with Gasteiger partial charge in [-0.25, -0.2) is 4.98 Å². The highest BCUT2D eigenvalue weighted by molar-refractivity contribution is 7.11. The zero-order valence-corrected chi connectivity index (χ0v) is 14.7. The first-order valence-electron chi connectivity index (χ1n) is 8.54. The third kappa shape index (κ3) is 3.03. The van der Waals surface area contributed by atoms with Gasteiger partial charge in [-0.3, -0.25) is 9.80 Å². The van der Waals surface area contributed by atoms with Crippen molar-refractivity contribution in [3.05, 3.63) is 16.1 Å². The molecule has 3 heterocycles. The number of rotatable bonds is 4. The highest BCUT2D eigenvalue weighted by Gasteiger charge is 2.39. The third-order valence-electron chi connectivity index (χ3n) is 5.31. The van der Waals surface area contributed by atoms with Crippen molar-refractivity contribution in [3.8, 4) is 0 Å². The first-order valence-corrected chi connectivity index (χ1v) is 9.36. The second-order valence-corrected chi connectivity index (χ2v) is 8.14. The fraction of sp³-hybridized carbons (Fsp3) is 0.824. The summed E-state index contributed by atoms with van der Waals surface area (Å²) in [4.78, 5) is 11.6. The number of hydrogen-bond donors (Lipinski definition) is 0. The van der Waals surface area contributed by atoms with Crippen molar-refractivity contribution < 1.29 is 0 Å². The van der Waals surface area contributed by atoms with Gasteiger partial charge in [-0.2, -0.15) is 0 Å². The van der Waals surface area contributed by atoms with Crippen LogP contribution in [0.2, 0.25) is 0 Å². The maximum Gasteiger partial charge on any atom is 0.110 e. The summed E-state index contributed by atoms with van der Waals surface area (Å²) in [5.41, 5.74) is 0. The number of thiazole rings is 1. The minimum atomic E-state index is 0.463. The van der Waals surface area contributed by atoms with Crippen LogP contribution in [0.15, 0.2) is 6.20 Å². The van der Waals surface area contributed by atoms with Gasteiger partial charge in [0.15, 0.2) is 0 Å². The van der Waals surface area contributed by atoms with E-state index in [0.29, 0.717) is 18.0 Å². The molecule has 2 aliphatic heterocycles. The Morgan fingerprint density at radius 3 is 2.81 bits per heavy atom. The molecule has 2 fully saturated rings. The van der Waals surface area contributed by atoms with Gasteiger partial charge in [0.2, 0.25) is 0 Å². The maximum absolute atomic E-state index is 4.70. The Hall–Kier alpha value is -0.450. The monoisotopic (exact) mass is 307 g/mol. The Bertz CT molecular complexity index is 470. The Morgan fingerprint density at radius 2 is 2.14 bits per heavy atom. The molecule has 0 bridgehead atoms. The van der Waals surface area contributed by atoms with E-state index in [9.17, 15) is 0 Å². The van der Waals surface area contributed by atoms with Crippen LogP contribution in [-0.2, 0) is 6.42 Å². The lowest BCUT2D eigenvalue weighted by Crippen LogP contribution is -2.58. The minimum Gasteiger partial charge on any atom is -0.298 e. The van der Waals surface area contributed by atoms with Gasteiger partial charge in [0, 0.05) is 36.2 Å². The van der Waals surface area contributed by atoms with E-state index >= 15 is 0 Å². The van der Waals surface area contributed by atoms with Gasteiger partial charge >= 0.3 is 0 Å². The molecule has 1 aromatic heterocycles. The van der Waals surface area contributed by atoms with Gasteiger partial charge in [0.1, 0.15) is 5.01 Å². The lowest BCUT2D eigenvalue weighted by molar-refractivity contribution is 0.00400. The van der Waals surface area contributed by atoms with Crippen LogP contribution in [0.3, 0.4) is 0 Å². The maximum atomic E-state index is 4.70. The zero-order chi connectivity index (χ0) is 15.0. The van der Waals surface area contributed by atoms with Crippen LogP contribution >= 0.6 is 11.3 Å². The van der Waals surface area contributed by atoms with Crippen LogP contribution < -0.4 is 0 Å². The summed E-state index contributed by atoms with van der Waals surface area (Å²) in [5, 5.41) is 1.31. The van der Waals surface area contributed by atoms with E-state index in [0.717, 1.165) is 12.5 Å². The molecule has 0 amide bonds. The van der Waals surface area contributed by atoms with Gasteiger partial charge in [0.05, 0.1) is 6.04 Å². The van der Waals surface area contributed by atoms with Gasteiger partial charge in [0.25, 0.3) is 0 Å². The molecule has 3 atom stereocenters. The first kappa shape index (κ1) is 15.4. The fourth-order valence-corrected chi connectivity index (χ4v) is 4.86. The topological polar surface area (TPSA) is 19.4 Å². The quantitative estimate of drug-likeness (QED) is 0.847. The van der Waals surface area contributed by atoms with E-state index in [1.807, 2.05) is 11.3 Å². The van der Waals surface area contributed by atoms with Crippen molar-refractivity contribution >= 4 is 11.3 Å². The molecular weight excluding hydrogens is 278 g/mol. The predicted molar refractivity (Wildman–Crippen MR) is 89.8 cm³/mol. The highest BCUT2D eigenvalue weighted by Crippen LogP contribution is 2.34. The summed E-state index contributed by atoms with van der Waals surface area (Å²) in [5.74, 6) is 0.708. The van der Waals surface area contributed by atoms with Crippen LogP contribution in [0.4, 0.5) is 0 Å². The van der Waals surface area contributed by atoms with Crippen molar-refractivity contribution in [2.45, 2.75) is 65.1 Å². The number of hydrogen-bond acceptors (Lipinski definition) is 4. The second-order valence-electron chi connectivity index (χ2n) is 6.99. The van der Waals surface area contributed by atoms with Gasteiger partial charge in [-0.15, -0.1) is 11.3 Å². The van der Waals surface area contributed by atoms with E-state index in [2.05, 4.69) is 43.7 Å². The molecule has 3 unspecified atom stereocenters. The summed E-state index contributed by atoms with van der Waals surface area (Å²) < 4.78 is 0. The second kappa shape index (κ2) is 6.35. The zero-order valence-electron chi connectivity index (χ0n) is 13.9. The molecule has 21 heavy (non-hydrogen) atoms. The lowest BCUT2D eigenvalue weighted by atomic mass is 9.95. The number of aromatic nitrogens is 1. The molecular formula is C17H29N3S. The average molecular weight is 308 g/mol. The van der Waals surface area contributed by atoms with E-state index in [1.165, 1.54) is 42.4 Å². The Morgan fingerprint density at radius 1 is 1.33 bits per heavy atom. The summed E-state index contributed by atoms with van der Waals surface area (Å²) in [6.07, 6.45) is 5.95. The molecule has 0 spiro atoms. The SMILES string of the molecule is CCc1cnc(C(C)N2CC3CCCN3CC2C(C)C)s1. The molecule has 0 saturated carbocycles. The van der Waals surface area contributed by atoms with E-state index < -0.39 is 0 Å². The van der Waals surface area contributed by atoms with Crippen LogP contribution in [0, 0.1) is 5.92 Å². The Kier molecular flexibility index (Phi) is 4.67. The molecule has 118 valence electrons. The molecule has 3 rings (SSSR count). The summed E-state index contributed by atoms with van der Waals surface area (Å²) in [7, 11) is 0. The molecule has 1 aromatic rings. The third-order valence-corrected chi connectivity index (χ3v) is 6.62. The van der Waals surface area contributed by atoms with Crippen molar-refractivity contribution in [1.82, 2.24) is 14.8 Å². The molecule has 0 aromatic carbocycles. The number of nitrogens with zero attached hydrogens (tertiary/aromatic N) is 3.